The van der Waals surface area contributed by atoms with Gasteiger partial charge in [-0.3, -0.25) is 0 Å². The van der Waals surface area contributed by atoms with Gasteiger partial charge in [0.15, 0.2) is 0 Å². The summed E-state index contributed by atoms with van der Waals surface area (Å²) in [6.07, 6.45) is 0. The second-order valence-corrected chi connectivity index (χ2v) is 12.2. The molecule has 0 saturated heterocycles. The molecule has 0 bridgehead atoms. The smallest absolute Gasteiger partial charge is 0.0624 e. The van der Waals surface area contributed by atoms with Gasteiger partial charge < -0.3 is 4.40 Å². The van der Waals surface area contributed by atoms with Crippen molar-refractivity contribution in [2.45, 2.75) is 38.5 Å². The Morgan fingerprint density at radius 1 is 0.486 bits per heavy atom. The Bertz CT molecular complexity index is 2130. The van der Waals surface area contributed by atoms with E-state index in [0.29, 0.717) is 0 Å². The Labute approximate surface area is 216 Å². The van der Waals surface area contributed by atoms with Crippen molar-refractivity contribution in [2.24, 2.45) is 0 Å². The molecular formula is C36H27N. The Morgan fingerprint density at radius 2 is 1.11 bits per heavy atom. The van der Waals surface area contributed by atoms with Crippen molar-refractivity contribution < 1.29 is 0 Å². The molecule has 9 rings (SSSR count). The summed E-state index contributed by atoms with van der Waals surface area (Å²) >= 11 is 0. The van der Waals surface area contributed by atoms with Crippen LogP contribution in [0.25, 0.3) is 60.3 Å². The van der Waals surface area contributed by atoms with Gasteiger partial charge in [0.05, 0.1) is 16.6 Å². The molecule has 1 heteroatoms. The lowest BCUT2D eigenvalue weighted by molar-refractivity contribution is 0.661. The zero-order chi connectivity index (χ0) is 24.8. The second-order valence-electron chi connectivity index (χ2n) is 12.2. The number of hydrogen-bond donors (Lipinski definition) is 0. The highest BCUT2D eigenvalue weighted by atomic mass is 14.9. The van der Waals surface area contributed by atoms with E-state index < -0.39 is 0 Å². The SMILES string of the molecule is CC1(C)c2ccccc2-c2cc3c4c5c(cc6c7ccccc7n(c3cc21)c64)-c1ccccc1C5(C)C. The summed E-state index contributed by atoms with van der Waals surface area (Å²) in [7, 11) is 0. The fraction of sp³-hybridized carbons (Fsp3) is 0.167. The summed E-state index contributed by atoms with van der Waals surface area (Å²) in [4.78, 5) is 0. The normalized spacial score (nSPS) is 16.5. The number of para-hydroxylation sites is 1. The van der Waals surface area contributed by atoms with Crippen molar-refractivity contribution >= 4 is 38.1 Å². The lowest BCUT2D eigenvalue weighted by Gasteiger charge is -2.23. The molecule has 0 saturated carbocycles. The van der Waals surface area contributed by atoms with E-state index in [-0.39, 0.29) is 10.8 Å². The van der Waals surface area contributed by atoms with Gasteiger partial charge in [-0.2, -0.15) is 0 Å². The lowest BCUT2D eigenvalue weighted by Crippen LogP contribution is -2.15. The maximum absolute atomic E-state index is 2.56. The van der Waals surface area contributed by atoms with Crippen molar-refractivity contribution in [2.75, 3.05) is 0 Å². The number of rotatable bonds is 0. The minimum atomic E-state index is -0.0610. The molecule has 0 aliphatic heterocycles. The van der Waals surface area contributed by atoms with Crippen LogP contribution in [-0.4, -0.2) is 4.40 Å². The van der Waals surface area contributed by atoms with Crippen LogP contribution in [0, 0.1) is 0 Å². The number of fused-ring (bicyclic) bond motifs is 13. The van der Waals surface area contributed by atoms with E-state index in [0.717, 1.165) is 0 Å². The molecule has 5 aromatic carbocycles. The summed E-state index contributed by atoms with van der Waals surface area (Å²) in [5.74, 6) is 0. The minimum Gasteiger partial charge on any atom is -0.308 e. The van der Waals surface area contributed by atoms with E-state index in [1.807, 2.05) is 0 Å². The number of aromatic nitrogens is 1. The Balaban J connectivity index is 1.57. The van der Waals surface area contributed by atoms with E-state index in [4.69, 9.17) is 0 Å². The summed E-state index contributed by atoms with van der Waals surface area (Å²) in [5, 5.41) is 5.53. The minimum absolute atomic E-state index is 0.0186. The zero-order valence-corrected chi connectivity index (χ0v) is 21.6. The molecular weight excluding hydrogens is 446 g/mol. The Hall–Kier alpha value is -4.10. The fourth-order valence-electron chi connectivity index (χ4n) is 8.02. The largest absolute Gasteiger partial charge is 0.308 e. The van der Waals surface area contributed by atoms with E-state index >= 15 is 0 Å². The molecule has 7 aromatic rings. The summed E-state index contributed by atoms with van der Waals surface area (Å²) in [6.45, 7) is 9.59. The molecule has 0 spiro atoms. The molecule has 0 unspecified atom stereocenters. The Kier molecular flexibility index (Phi) is 3.28. The number of hydrogen-bond acceptors (Lipinski definition) is 0. The molecule has 0 fully saturated rings. The molecule has 0 atom stereocenters. The summed E-state index contributed by atoms with van der Waals surface area (Å²) < 4.78 is 2.56. The van der Waals surface area contributed by atoms with Crippen molar-refractivity contribution in [3.8, 4) is 22.3 Å². The van der Waals surface area contributed by atoms with E-state index in [1.54, 1.807) is 0 Å². The van der Waals surface area contributed by atoms with Crippen molar-refractivity contribution in [1.82, 2.24) is 4.40 Å². The predicted molar refractivity (Wildman–Crippen MR) is 156 cm³/mol. The van der Waals surface area contributed by atoms with Gasteiger partial charge in [-0.1, -0.05) is 94.4 Å². The lowest BCUT2D eigenvalue weighted by atomic mass is 9.79. The van der Waals surface area contributed by atoms with Crippen LogP contribution in [-0.2, 0) is 10.8 Å². The van der Waals surface area contributed by atoms with Crippen molar-refractivity contribution in [3.63, 3.8) is 0 Å². The van der Waals surface area contributed by atoms with Crippen LogP contribution in [0.15, 0.2) is 91.0 Å². The molecule has 2 aromatic heterocycles. The monoisotopic (exact) mass is 473 g/mol. The fourth-order valence-corrected chi connectivity index (χ4v) is 8.02. The molecule has 0 N–H and O–H groups in total. The van der Waals surface area contributed by atoms with Crippen molar-refractivity contribution in [3.05, 3.63) is 113 Å². The Morgan fingerprint density at radius 3 is 1.89 bits per heavy atom. The second kappa shape index (κ2) is 6.06. The highest BCUT2D eigenvalue weighted by Gasteiger charge is 2.40. The highest BCUT2D eigenvalue weighted by molar-refractivity contribution is 6.27. The van der Waals surface area contributed by atoms with Gasteiger partial charge in [0, 0.05) is 32.4 Å². The average Bonchev–Trinajstić information content (AvgIpc) is 3.56. The van der Waals surface area contributed by atoms with Crippen LogP contribution in [0.2, 0.25) is 0 Å². The molecule has 37 heavy (non-hydrogen) atoms. The third-order valence-electron chi connectivity index (χ3n) is 9.68. The van der Waals surface area contributed by atoms with Gasteiger partial charge in [-0.05, 0) is 68.8 Å². The highest BCUT2D eigenvalue weighted by Crippen LogP contribution is 2.57. The predicted octanol–water partition coefficient (Wildman–Crippen LogP) is 9.45. The molecule has 0 radical (unpaired) electrons. The average molecular weight is 474 g/mol. The third-order valence-corrected chi connectivity index (χ3v) is 9.68. The third kappa shape index (κ3) is 2.09. The zero-order valence-electron chi connectivity index (χ0n) is 21.6. The van der Waals surface area contributed by atoms with E-state index in [9.17, 15) is 0 Å². The first kappa shape index (κ1) is 20.0. The number of nitrogens with zero attached hydrogens (tertiary/aromatic N) is 1. The first-order valence-corrected chi connectivity index (χ1v) is 13.4. The molecule has 1 nitrogen and oxygen atoms in total. The number of benzene rings is 5. The van der Waals surface area contributed by atoms with Gasteiger partial charge in [0.2, 0.25) is 0 Å². The van der Waals surface area contributed by atoms with Gasteiger partial charge in [-0.15, -0.1) is 0 Å². The van der Waals surface area contributed by atoms with Gasteiger partial charge in [0.1, 0.15) is 0 Å². The maximum atomic E-state index is 2.56. The van der Waals surface area contributed by atoms with E-state index in [2.05, 4.69) is 123 Å². The van der Waals surface area contributed by atoms with Crippen LogP contribution in [0.4, 0.5) is 0 Å². The first-order valence-electron chi connectivity index (χ1n) is 13.4. The van der Waals surface area contributed by atoms with Crippen LogP contribution in [0.5, 0.6) is 0 Å². The van der Waals surface area contributed by atoms with Gasteiger partial charge in [-0.25, -0.2) is 0 Å². The first-order chi connectivity index (χ1) is 17.9. The quantitative estimate of drug-likeness (QED) is 0.207. The molecule has 0 amide bonds. The summed E-state index contributed by atoms with van der Waals surface area (Å²) in [5.41, 5.74) is 15.3. The van der Waals surface area contributed by atoms with E-state index in [1.165, 1.54) is 82.6 Å². The molecule has 2 aliphatic rings. The van der Waals surface area contributed by atoms with Gasteiger partial charge in [0.25, 0.3) is 0 Å². The van der Waals surface area contributed by atoms with Crippen molar-refractivity contribution in [1.29, 1.82) is 0 Å². The van der Waals surface area contributed by atoms with Crippen LogP contribution in [0.3, 0.4) is 0 Å². The summed E-state index contributed by atoms with van der Waals surface area (Å²) in [6, 6.07) is 34.5. The van der Waals surface area contributed by atoms with Crippen LogP contribution >= 0.6 is 0 Å². The molecule has 176 valence electrons. The van der Waals surface area contributed by atoms with Gasteiger partial charge >= 0.3 is 0 Å². The topological polar surface area (TPSA) is 4.41 Å². The van der Waals surface area contributed by atoms with Crippen LogP contribution < -0.4 is 0 Å². The maximum Gasteiger partial charge on any atom is 0.0624 e. The standard InChI is InChI=1S/C36H27N/c1-35(2)27-14-8-5-11-20(27)23-17-26-31(19-29(23)35)37-30-16-10-7-13-22(30)25-18-24-21-12-6-9-15-28(21)36(3,4)33(24)32(26)34(25)37/h5-19H,1-4H3. The molecule has 2 aliphatic carbocycles. The van der Waals surface area contributed by atoms with Crippen LogP contribution in [0.1, 0.15) is 49.9 Å². The molecule has 2 heterocycles.